The van der Waals surface area contributed by atoms with Gasteiger partial charge in [0, 0.05) is 18.6 Å². The Morgan fingerprint density at radius 1 is 1.53 bits per heavy atom. The van der Waals surface area contributed by atoms with Gasteiger partial charge in [0.15, 0.2) is 0 Å². The summed E-state index contributed by atoms with van der Waals surface area (Å²) < 4.78 is 13.6. The molecule has 1 amide bonds. The van der Waals surface area contributed by atoms with Gasteiger partial charge < -0.3 is 10.4 Å². The van der Waals surface area contributed by atoms with Crippen LogP contribution in [-0.2, 0) is 4.79 Å². The summed E-state index contributed by atoms with van der Waals surface area (Å²) >= 11 is 0. The van der Waals surface area contributed by atoms with Crippen LogP contribution in [0, 0.1) is 11.7 Å². The highest BCUT2D eigenvalue weighted by Crippen LogP contribution is 2.48. The summed E-state index contributed by atoms with van der Waals surface area (Å²) in [6.45, 7) is 2.04. The van der Waals surface area contributed by atoms with Gasteiger partial charge in [-0.1, -0.05) is 25.1 Å². The van der Waals surface area contributed by atoms with Gasteiger partial charge >= 0.3 is 0 Å². The summed E-state index contributed by atoms with van der Waals surface area (Å²) in [5, 5.41) is 11.8. The predicted molar refractivity (Wildman–Crippen MR) is 71.2 cm³/mol. The maximum absolute atomic E-state index is 13.6. The Labute approximate surface area is 112 Å². The first kappa shape index (κ1) is 14.0. The lowest BCUT2D eigenvalue weighted by Crippen LogP contribution is -2.36. The molecule has 4 heteroatoms. The van der Waals surface area contributed by atoms with Gasteiger partial charge in [-0.2, -0.15) is 0 Å². The van der Waals surface area contributed by atoms with Gasteiger partial charge in [0.2, 0.25) is 5.91 Å². The zero-order valence-electron chi connectivity index (χ0n) is 11.1. The topological polar surface area (TPSA) is 49.3 Å². The summed E-state index contributed by atoms with van der Waals surface area (Å²) in [4.78, 5) is 12.0. The molecule has 0 saturated heterocycles. The molecular weight excluding hydrogens is 245 g/mol. The van der Waals surface area contributed by atoms with E-state index in [1.165, 1.54) is 6.07 Å². The SMILES string of the molecule is CCC(CCO)NC(=O)C1CC1c1ccccc1F. The Bertz CT molecular complexity index is 450. The smallest absolute Gasteiger partial charge is 0.223 e. The van der Waals surface area contributed by atoms with Crippen molar-refractivity contribution in [2.75, 3.05) is 6.61 Å². The molecule has 1 aliphatic rings. The van der Waals surface area contributed by atoms with Gasteiger partial charge in [0.1, 0.15) is 5.82 Å². The van der Waals surface area contributed by atoms with Gasteiger partial charge in [0.25, 0.3) is 0 Å². The molecule has 2 rings (SSSR count). The number of hydrogen-bond donors (Lipinski definition) is 2. The van der Waals surface area contributed by atoms with E-state index in [-0.39, 0.29) is 36.2 Å². The number of amides is 1. The molecule has 0 aliphatic heterocycles. The minimum absolute atomic E-state index is 0.00725. The third-order valence-corrected chi connectivity index (χ3v) is 3.75. The normalized spacial score (nSPS) is 22.9. The van der Waals surface area contributed by atoms with Crippen LogP contribution in [0.5, 0.6) is 0 Å². The molecule has 3 unspecified atom stereocenters. The highest BCUT2D eigenvalue weighted by molar-refractivity contribution is 5.83. The number of carbonyl (C=O) groups is 1. The van der Waals surface area contributed by atoms with Crippen LogP contribution in [0.2, 0.25) is 0 Å². The Kier molecular flexibility index (Phi) is 4.53. The van der Waals surface area contributed by atoms with Crippen molar-refractivity contribution < 1.29 is 14.3 Å². The van der Waals surface area contributed by atoms with Crippen LogP contribution < -0.4 is 5.32 Å². The van der Waals surface area contributed by atoms with Crippen LogP contribution >= 0.6 is 0 Å². The van der Waals surface area contributed by atoms with Gasteiger partial charge in [-0.05, 0) is 36.8 Å². The molecule has 1 aromatic carbocycles. The number of carbonyl (C=O) groups excluding carboxylic acids is 1. The maximum atomic E-state index is 13.6. The molecule has 0 heterocycles. The highest BCUT2D eigenvalue weighted by Gasteiger charge is 2.45. The number of rotatable bonds is 6. The molecule has 3 atom stereocenters. The molecule has 2 N–H and O–H groups in total. The highest BCUT2D eigenvalue weighted by atomic mass is 19.1. The van der Waals surface area contributed by atoms with Crippen molar-refractivity contribution in [3.8, 4) is 0 Å². The largest absolute Gasteiger partial charge is 0.396 e. The molecule has 19 heavy (non-hydrogen) atoms. The van der Waals surface area contributed by atoms with Crippen molar-refractivity contribution in [3.63, 3.8) is 0 Å². The Balaban J connectivity index is 1.92. The third-order valence-electron chi connectivity index (χ3n) is 3.75. The van der Waals surface area contributed by atoms with E-state index in [0.29, 0.717) is 18.4 Å². The standard InChI is InChI=1S/C15H20FNO2/c1-2-10(7-8-18)17-15(19)13-9-12(13)11-5-3-4-6-14(11)16/h3-6,10,12-13,18H,2,7-9H2,1H3,(H,17,19). The molecule has 0 aromatic heterocycles. The number of aliphatic hydroxyl groups is 1. The number of nitrogens with one attached hydrogen (secondary N) is 1. The first-order chi connectivity index (χ1) is 9.17. The van der Waals surface area contributed by atoms with Crippen molar-refractivity contribution in [3.05, 3.63) is 35.6 Å². The maximum Gasteiger partial charge on any atom is 0.223 e. The van der Waals surface area contributed by atoms with Gasteiger partial charge in [0.05, 0.1) is 0 Å². The monoisotopic (exact) mass is 265 g/mol. The fourth-order valence-electron chi connectivity index (χ4n) is 2.45. The number of hydrogen-bond acceptors (Lipinski definition) is 2. The molecule has 1 aromatic rings. The molecule has 104 valence electrons. The quantitative estimate of drug-likeness (QED) is 0.828. The third kappa shape index (κ3) is 3.32. The van der Waals surface area contributed by atoms with Crippen LogP contribution in [0.25, 0.3) is 0 Å². The van der Waals surface area contributed by atoms with Crippen molar-refractivity contribution in [2.24, 2.45) is 5.92 Å². The Morgan fingerprint density at radius 3 is 2.89 bits per heavy atom. The lowest BCUT2D eigenvalue weighted by atomic mass is 10.1. The summed E-state index contributed by atoms with van der Waals surface area (Å²) in [5.74, 6) is -0.365. The molecule has 1 aliphatic carbocycles. The van der Waals surface area contributed by atoms with Crippen molar-refractivity contribution >= 4 is 5.91 Å². The fourth-order valence-corrected chi connectivity index (χ4v) is 2.45. The van der Waals surface area contributed by atoms with Gasteiger partial charge in [-0.15, -0.1) is 0 Å². The Hall–Kier alpha value is -1.42. The fraction of sp³-hybridized carbons (Fsp3) is 0.533. The first-order valence-corrected chi connectivity index (χ1v) is 6.83. The average Bonchev–Trinajstić information content (AvgIpc) is 3.19. The lowest BCUT2D eigenvalue weighted by molar-refractivity contribution is -0.123. The molecule has 3 nitrogen and oxygen atoms in total. The minimum atomic E-state index is -0.231. The zero-order chi connectivity index (χ0) is 13.8. The molecule has 1 saturated carbocycles. The summed E-state index contributed by atoms with van der Waals surface area (Å²) in [5.41, 5.74) is 0.637. The molecule has 0 spiro atoms. The summed E-state index contributed by atoms with van der Waals surface area (Å²) in [6.07, 6.45) is 2.07. The molecule has 0 bridgehead atoms. The summed E-state index contributed by atoms with van der Waals surface area (Å²) in [6, 6.07) is 6.65. The molecule has 0 radical (unpaired) electrons. The molecular formula is C15H20FNO2. The van der Waals surface area contributed by atoms with Crippen LogP contribution in [0.4, 0.5) is 4.39 Å². The Morgan fingerprint density at radius 2 is 2.26 bits per heavy atom. The first-order valence-electron chi connectivity index (χ1n) is 6.83. The van der Waals surface area contributed by atoms with E-state index >= 15 is 0 Å². The van der Waals surface area contributed by atoms with Crippen LogP contribution in [-0.4, -0.2) is 23.7 Å². The van der Waals surface area contributed by atoms with E-state index in [2.05, 4.69) is 5.32 Å². The minimum Gasteiger partial charge on any atom is -0.396 e. The predicted octanol–water partition coefficient (Wildman–Crippen LogP) is 2.21. The van der Waals surface area contributed by atoms with Crippen molar-refractivity contribution in [1.29, 1.82) is 0 Å². The van der Waals surface area contributed by atoms with Crippen LogP contribution in [0.3, 0.4) is 0 Å². The van der Waals surface area contributed by atoms with E-state index in [1.807, 2.05) is 6.92 Å². The molecule has 1 fully saturated rings. The average molecular weight is 265 g/mol. The second kappa shape index (κ2) is 6.15. The second-order valence-corrected chi connectivity index (χ2v) is 5.10. The lowest BCUT2D eigenvalue weighted by Gasteiger charge is -2.15. The number of aliphatic hydroxyl groups excluding tert-OH is 1. The van der Waals surface area contributed by atoms with Crippen LogP contribution in [0.1, 0.15) is 37.7 Å². The van der Waals surface area contributed by atoms with E-state index < -0.39 is 0 Å². The number of benzene rings is 1. The zero-order valence-corrected chi connectivity index (χ0v) is 11.1. The van der Waals surface area contributed by atoms with E-state index in [9.17, 15) is 9.18 Å². The van der Waals surface area contributed by atoms with E-state index in [4.69, 9.17) is 5.11 Å². The van der Waals surface area contributed by atoms with Crippen LogP contribution in [0.15, 0.2) is 24.3 Å². The number of halogens is 1. The van der Waals surface area contributed by atoms with Gasteiger partial charge in [-0.3, -0.25) is 4.79 Å². The second-order valence-electron chi connectivity index (χ2n) is 5.10. The van der Waals surface area contributed by atoms with Crippen molar-refractivity contribution in [2.45, 2.75) is 38.1 Å². The van der Waals surface area contributed by atoms with Crippen molar-refractivity contribution in [1.82, 2.24) is 5.32 Å². The van der Waals surface area contributed by atoms with E-state index in [0.717, 1.165) is 6.42 Å². The summed E-state index contributed by atoms with van der Waals surface area (Å²) in [7, 11) is 0. The van der Waals surface area contributed by atoms with E-state index in [1.54, 1.807) is 18.2 Å². The van der Waals surface area contributed by atoms with Gasteiger partial charge in [-0.25, -0.2) is 4.39 Å².